The minimum absolute atomic E-state index is 0.0279. The molecule has 0 radical (unpaired) electrons. The van der Waals surface area contributed by atoms with E-state index in [4.69, 9.17) is 4.74 Å². The monoisotopic (exact) mass is 301 g/mol. The number of aliphatic hydroxyl groups is 1. The lowest BCUT2D eigenvalue weighted by Gasteiger charge is -2.15. The summed E-state index contributed by atoms with van der Waals surface area (Å²) in [5.74, 6) is -0.246. The quantitative estimate of drug-likeness (QED) is 0.826. The molecule has 1 amide bonds. The van der Waals surface area contributed by atoms with Crippen molar-refractivity contribution in [2.24, 2.45) is 0 Å². The average molecular weight is 301 g/mol. The maximum Gasteiger partial charge on any atom is 0.227 e. The Balaban J connectivity index is 1.94. The molecule has 2 rings (SSSR count). The first kappa shape index (κ1) is 16.5. The summed E-state index contributed by atoms with van der Waals surface area (Å²) in [4.78, 5) is 12.2. The Labute approximate surface area is 131 Å². The molecule has 0 spiro atoms. The first-order valence-electron chi connectivity index (χ1n) is 7.55. The van der Waals surface area contributed by atoms with Crippen LogP contribution in [-0.2, 0) is 9.53 Å². The lowest BCUT2D eigenvalue weighted by atomic mass is 9.97. The van der Waals surface area contributed by atoms with Crippen LogP contribution >= 0.6 is 0 Å². The zero-order valence-electron chi connectivity index (χ0n) is 13.1. The number of nitrogens with one attached hydrogen (secondary N) is 1. The Bertz CT molecular complexity index is 627. The van der Waals surface area contributed by atoms with Gasteiger partial charge in [-0.25, -0.2) is 0 Å². The number of methoxy groups -OCH3 is 1. The topological polar surface area (TPSA) is 58.6 Å². The van der Waals surface area contributed by atoms with Crippen LogP contribution in [0.25, 0.3) is 10.8 Å². The molecule has 0 fully saturated rings. The van der Waals surface area contributed by atoms with Gasteiger partial charge in [0, 0.05) is 13.7 Å². The number of amides is 1. The van der Waals surface area contributed by atoms with Crippen molar-refractivity contribution < 1.29 is 14.6 Å². The highest BCUT2D eigenvalue weighted by molar-refractivity contribution is 5.87. The summed E-state index contributed by atoms with van der Waals surface area (Å²) in [5.41, 5.74) is 0.994. The van der Waals surface area contributed by atoms with E-state index >= 15 is 0 Å². The first-order chi connectivity index (χ1) is 10.6. The van der Waals surface area contributed by atoms with Crippen molar-refractivity contribution >= 4 is 16.7 Å². The molecule has 0 aromatic heterocycles. The average Bonchev–Trinajstić information content (AvgIpc) is 2.53. The Hall–Kier alpha value is -1.91. The van der Waals surface area contributed by atoms with Gasteiger partial charge in [0.1, 0.15) is 0 Å². The predicted molar refractivity (Wildman–Crippen MR) is 87.9 cm³/mol. The fourth-order valence-corrected chi connectivity index (χ4v) is 2.42. The highest BCUT2D eigenvalue weighted by Gasteiger charge is 2.15. The number of benzene rings is 2. The van der Waals surface area contributed by atoms with Gasteiger partial charge in [-0.15, -0.1) is 0 Å². The highest BCUT2D eigenvalue weighted by Crippen LogP contribution is 2.21. The van der Waals surface area contributed by atoms with Gasteiger partial charge in [0.2, 0.25) is 5.91 Å². The highest BCUT2D eigenvalue weighted by atomic mass is 16.5. The van der Waals surface area contributed by atoms with E-state index in [1.54, 1.807) is 7.11 Å². The van der Waals surface area contributed by atoms with Crippen LogP contribution in [-0.4, -0.2) is 37.4 Å². The maximum absolute atomic E-state index is 12.2. The van der Waals surface area contributed by atoms with Gasteiger partial charge in [0.25, 0.3) is 0 Å². The van der Waals surface area contributed by atoms with E-state index in [-0.39, 0.29) is 18.4 Å². The molecule has 0 saturated carbocycles. The third-order valence-electron chi connectivity index (χ3n) is 3.80. The van der Waals surface area contributed by atoms with E-state index in [9.17, 15) is 9.90 Å². The van der Waals surface area contributed by atoms with Gasteiger partial charge < -0.3 is 15.2 Å². The molecule has 0 aliphatic carbocycles. The minimum atomic E-state index is -0.540. The molecule has 118 valence electrons. The van der Waals surface area contributed by atoms with E-state index in [1.807, 2.05) is 37.3 Å². The lowest BCUT2D eigenvalue weighted by molar-refractivity contribution is -0.122. The Kier molecular flexibility index (Phi) is 5.92. The van der Waals surface area contributed by atoms with E-state index < -0.39 is 6.10 Å². The van der Waals surface area contributed by atoms with Gasteiger partial charge in [-0.2, -0.15) is 0 Å². The zero-order chi connectivity index (χ0) is 15.9. The third-order valence-corrected chi connectivity index (χ3v) is 3.80. The number of rotatable bonds is 7. The van der Waals surface area contributed by atoms with Crippen LogP contribution in [0.2, 0.25) is 0 Å². The van der Waals surface area contributed by atoms with Crippen LogP contribution in [0.15, 0.2) is 42.5 Å². The molecule has 0 bridgehead atoms. The van der Waals surface area contributed by atoms with Crippen LogP contribution in [0.1, 0.15) is 24.8 Å². The van der Waals surface area contributed by atoms with Crippen molar-refractivity contribution in [3.05, 3.63) is 48.0 Å². The number of ether oxygens (including phenoxy) is 1. The third kappa shape index (κ3) is 4.29. The number of carbonyl (C=O) groups excluding carboxylic acids is 1. The van der Waals surface area contributed by atoms with E-state index in [1.165, 1.54) is 5.39 Å². The van der Waals surface area contributed by atoms with E-state index in [0.29, 0.717) is 13.0 Å². The van der Waals surface area contributed by atoms with Gasteiger partial charge in [-0.05, 0) is 29.7 Å². The van der Waals surface area contributed by atoms with Gasteiger partial charge in [-0.1, -0.05) is 42.5 Å². The number of hydrogen-bond acceptors (Lipinski definition) is 3. The summed E-state index contributed by atoms with van der Waals surface area (Å²) in [6.07, 6.45) is -0.0504. The van der Waals surface area contributed by atoms with Crippen LogP contribution in [0.4, 0.5) is 0 Å². The fourth-order valence-electron chi connectivity index (χ4n) is 2.42. The van der Waals surface area contributed by atoms with Crippen molar-refractivity contribution in [3.8, 4) is 0 Å². The number of hydrogen-bond donors (Lipinski definition) is 2. The second-order valence-corrected chi connectivity index (χ2v) is 5.52. The normalized spacial score (nSPS) is 13.8. The molecule has 2 N–H and O–H groups in total. The number of aliphatic hydroxyl groups excluding tert-OH is 1. The largest absolute Gasteiger partial charge is 0.391 e. The van der Waals surface area contributed by atoms with Gasteiger partial charge in [0.05, 0.1) is 18.6 Å². The molecule has 0 heterocycles. The Morgan fingerprint density at radius 1 is 1.23 bits per heavy atom. The molecule has 2 atom stereocenters. The van der Waals surface area contributed by atoms with Gasteiger partial charge >= 0.3 is 0 Å². The molecule has 4 nitrogen and oxygen atoms in total. The molecular weight excluding hydrogens is 278 g/mol. The van der Waals surface area contributed by atoms with Crippen LogP contribution in [0, 0.1) is 0 Å². The lowest BCUT2D eigenvalue weighted by Crippen LogP contribution is -2.31. The van der Waals surface area contributed by atoms with Crippen molar-refractivity contribution in [1.82, 2.24) is 5.32 Å². The molecule has 2 aromatic rings. The van der Waals surface area contributed by atoms with Gasteiger partial charge in [0.15, 0.2) is 0 Å². The molecular formula is C18H23NO3. The summed E-state index contributed by atoms with van der Waals surface area (Å²) in [7, 11) is 1.55. The van der Waals surface area contributed by atoms with Crippen LogP contribution in [0.3, 0.4) is 0 Å². The zero-order valence-corrected chi connectivity index (χ0v) is 13.1. The summed E-state index contributed by atoms with van der Waals surface area (Å²) in [5, 5.41) is 14.7. The molecule has 4 heteroatoms. The summed E-state index contributed by atoms with van der Waals surface area (Å²) in [6, 6.07) is 14.2. The van der Waals surface area contributed by atoms with Crippen molar-refractivity contribution in [2.75, 3.05) is 20.3 Å². The molecule has 2 unspecified atom stereocenters. The standard InChI is InChI=1S/C18H23NO3/c1-13(18(21)19-10-9-17(20)12-22-2)15-8-7-14-5-3-4-6-16(14)11-15/h3-8,11,13,17,20H,9-10,12H2,1-2H3,(H,19,21). The summed E-state index contributed by atoms with van der Waals surface area (Å²) < 4.78 is 4.86. The second kappa shape index (κ2) is 7.92. The molecule has 0 aliphatic heterocycles. The molecule has 22 heavy (non-hydrogen) atoms. The van der Waals surface area contributed by atoms with Crippen LogP contribution in [0.5, 0.6) is 0 Å². The maximum atomic E-state index is 12.2. The SMILES string of the molecule is COCC(O)CCNC(=O)C(C)c1ccc2ccccc2c1. The summed E-state index contributed by atoms with van der Waals surface area (Å²) in [6.45, 7) is 2.63. The fraction of sp³-hybridized carbons (Fsp3) is 0.389. The number of carbonyl (C=O) groups is 1. The van der Waals surface area contributed by atoms with Crippen molar-refractivity contribution in [1.29, 1.82) is 0 Å². The summed E-state index contributed by atoms with van der Waals surface area (Å²) >= 11 is 0. The minimum Gasteiger partial charge on any atom is -0.391 e. The Morgan fingerprint density at radius 2 is 1.95 bits per heavy atom. The molecule has 0 saturated heterocycles. The number of fused-ring (bicyclic) bond motifs is 1. The van der Waals surface area contributed by atoms with Gasteiger partial charge in [-0.3, -0.25) is 4.79 Å². The molecule has 2 aromatic carbocycles. The van der Waals surface area contributed by atoms with Crippen LogP contribution < -0.4 is 5.32 Å². The first-order valence-corrected chi connectivity index (χ1v) is 7.55. The van der Waals surface area contributed by atoms with Crippen molar-refractivity contribution in [3.63, 3.8) is 0 Å². The van der Waals surface area contributed by atoms with E-state index in [2.05, 4.69) is 17.4 Å². The Morgan fingerprint density at radius 3 is 2.68 bits per heavy atom. The smallest absolute Gasteiger partial charge is 0.227 e. The van der Waals surface area contributed by atoms with Crippen molar-refractivity contribution in [2.45, 2.75) is 25.4 Å². The van der Waals surface area contributed by atoms with E-state index in [0.717, 1.165) is 10.9 Å². The second-order valence-electron chi connectivity index (χ2n) is 5.52. The predicted octanol–water partition coefficient (Wildman–Crippen LogP) is 2.46. The molecule has 0 aliphatic rings.